The monoisotopic (exact) mass is 835 g/mol. The van der Waals surface area contributed by atoms with Crippen LogP contribution in [0.4, 0.5) is 4.79 Å². The van der Waals surface area contributed by atoms with E-state index in [2.05, 4.69) is 5.32 Å². The van der Waals surface area contributed by atoms with Crippen LogP contribution in [-0.2, 0) is 47.5 Å². The van der Waals surface area contributed by atoms with Gasteiger partial charge >= 0.3 is 24.0 Å². The average molecular weight is 836 g/mol. The van der Waals surface area contributed by atoms with Gasteiger partial charge in [-0.25, -0.2) is 14.4 Å². The van der Waals surface area contributed by atoms with Gasteiger partial charge in [0, 0.05) is 39.4 Å². The highest BCUT2D eigenvalue weighted by Gasteiger charge is 2.78. The van der Waals surface area contributed by atoms with Crippen LogP contribution in [0.15, 0.2) is 71.8 Å². The van der Waals surface area contributed by atoms with Gasteiger partial charge in [0.2, 0.25) is 0 Å². The number of amides is 1. The number of rotatable bonds is 10. The summed E-state index contributed by atoms with van der Waals surface area (Å²) >= 11 is 0. The van der Waals surface area contributed by atoms with E-state index >= 15 is 4.79 Å². The lowest BCUT2D eigenvalue weighted by molar-refractivity contribution is -0.347. The van der Waals surface area contributed by atoms with E-state index in [1.54, 1.807) is 109 Å². The van der Waals surface area contributed by atoms with E-state index in [9.17, 15) is 29.4 Å². The van der Waals surface area contributed by atoms with Crippen molar-refractivity contribution >= 4 is 29.8 Å². The van der Waals surface area contributed by atoms with Gasteiger partial charge in [-0.3, -0.25) is 9.59 Å². The first kappa shape index (κ1) is 44.9. The zero-order valence-electron chi connectivity index (χ0n) is 35.8. The molecular weight excluding hydrogens is 778 g/mol. The number of benzene rings is 2. The van der Waals surface area contributed by atoms with Gasteiger partial charge in [0.05, 0.1) is 35.6 Å². The van der Waals surface area contributed by atoms with E-state index in [0.717, 1.165) is 0 Å². The first-order valence-electron chi connectivity index (χ1n) is 20.1. The number of fused-ring (bicyclic) bond motifs is 5. The number of aliphatic hydroxyl groups excluding tert-OH is 1. The number of carbonyl (C=O) groups is 5. The predicted octanol–water partition coefficient (Wildman–Crippen LogP) is 4.57. The summed E-state index contributed by atoms with van der Waals surface area (Å²) in [5.41, 5.74) is -6.72. The van der Waals surface area contributed by atoms with Gasteiger partial charge in [0.15, 0.2) is 17.5 Å². The standard InChI is InChI=1S/C45H57NO14/c1-24-28(57-39(51)33(48)32(26-17-13-11-14-18-26)46-40(52)60-41(3,4)5)22-45(53)37(58-38(50)27-19-15-12-16-20-27)35-43(8,36(49)34(55-10)31(24)42(45,6)7)29(54-9)21-30-44(35,23-56-30)59-25(2)47/h11-20,28-30,32-35,37,48,53H,21-23H2,1-10H3,(H,46,52)/t28-,29-,30+,32?,33+,34+,35-,37-,43+,44-,45+/m0/s1. The fraction of sp³-hybridized carbons (Fsp3) is 0.578. The van der Waals surface area contributed by atoms with Gasteiger partial charge in [0.1, 0.15) is 35.6 Å². The van der Waals surface area contributed by atoms with Crippen LogP contribution >= 0.6 is 0 Å². The summed E-state index contributed by atoms with van der Waals surface area (Å²) in [6.07, 6.45) is -9.31. The van der Waals surface area contributed by atoms with Crippen LogP contribution in [0.3, 0.4) is 0 Å². The SMILES string of the molecule is CO[C@H]1C(=O)[C@]2(C)[C@@H](OC)C[C@H]3OC[C@@]3(OC(C)=O)[C@H]2[C@H](OC(=O)c2ccccc2)[C@]2(O)C[C@H](OC(=O)[C@H](O)C(NC(=O)OC(C)(C)C)c3ccccc3)C(C)=C1C2(C)C. The molecule has 1 aliphatic heterocycles. The summed E-state index contributed by atoms with van der Waals surface area (Å²) in [7, 11) is 2.78. The highest BCUT2D eigenvalue weighted by atomic mass is 16.6. The minimum Gasteiger partial charge on any atom is -0.456 e. The molecule has 3 N–H and O–H groups in total. The highest BCUT2D eigenvalue weighted by molar-refractivity contribution is 5.94. The highest BCUT2D eigenvalue weighted by Crippen LogP contribution is 2.64. The number of ether oxygens (including phenoxy) is 7. The molecule has 4 aliphatic rings. The lowest BCUT2D eigenvalue weighted by atomic mass is 9.44. The lowest BCUT2D eigenvalue weighted by Crippen LogP contribution is -2.82. The Bertz CT molecular complexity index is 2010. The number of aliphatic hydroxyl groups is 2. The molecule has 2 aromatic rings. The Kier molecular flexibility index (Phi) is 12.2. The quantitative estimate of drug-likeness (QED) is 0.171. The number of esters is 3. The molecule has 15 nitrogen and oxygen atoms in total. The zero-order chi connectivity index (χ0) is 44.2. The number of methoxy groups -OCH3 is 2. The van der Waals surface area contributed by atoms with E-state index in [4.69, 9.17) is 33.2 Å². The smallest absolute Gasteiger partial charge is 0.408 e. The van der Waals surface area contributed by atoms with Crippen LogP contribution in [0.1, 0.15) is 90.2 Å². The Hall–Kier alpha value is -4.67. The Morgan fingerprint density at radius 2 is 1.55 bits per heavy atom. The van der Waals surface area contributed by atoms with Gasteiger partial charge in [-0.15, -0.1) is 0 Å². The molecule has 0 spiro atoms. The number of nitrogens with one attached hydrogen (secondary N) is 1. The maximum Gasteiger partial charge on any atom is 0.408 e. The van der Waals surface area contributed by atoms with Crippen LogP contribution in [-0.4, -0.2) is 114 Å². The molecule has 1 heterocycles. The van der Waals surface area contributed by atoms with E-state index < -0.39 is 112 Å². The van der Waals surface area contributed by atoms with Crippen molar-refractivity contribution in [2.45, 2.75) is 128 Å². The second-order valence-corrected chi connectivity index (χ2v) is 18.0. The van der Waals surface area contributed by atoms with Crippen LogP contribution in [0.5, 0.6) is 0 Å². The van der Waals surface area contributed by atoms with Crippen molar-refractivity contribution in [2.75, 3.05) is 20.8 Å². The number of ketones is 1. The Labute approximate surface area is 350 Å². The van der Waals surface area contributed by atoms with Crippen molar-refractivity contribution in [3.8, 4) is 0 Å². The van der Waals surface area contributed by atoms with E-state index in [1.807, 2.05) is 0 Å². The molecule has 1 unspecified atom stereocenters. The van der Waals surface area contributed by atoms with Crippen molar-refractivity contribution in [3.63, 3.8) is 0 Å². The third kappa shape index (κ3) is 7.52. The second-order valence-electron chi connectivity index (χ2n) is 18.0. The molecule has 6 rings (SSSR count). The topological polar surface area (TPSA) is 202 Å². The van der Waals surface area contributed by atoms with Crippen molar-refractivity contribution < 1.29 is 67.3 Å². The van der Waals surface area contributed by atoms with Gasteiger partial charge in [0.25, 0.3) is 0 Å². The molecule has 1 amide bonds. The van der Waals surface area contributed by atoms with Gasteiger partial charge < -0.3 is 48.7 Å². The molecule has 2 aromatic carbocycles. The second kappa shape index (κ2) is 16.3. The zero-order valence-corrected chi connectivity index (χ0v) is 35.8. The first-order chi connectivity index (χ1) is 28.1. The molecule has 0 aromatic heterocycles. The number of Topliss-reactive ketones (excluding diaryl/α,β-unsaturated/α-hetero) is 1. The molecule has 60 heavy (non-hydrogen) atoms. The van der Waals surface area contributed by atoms with Crippen LogP contribution < -0.4 is 5.32 Å². The van der Waals surface area contributed by atoms with Crippen LogP contribution in [0, 0.1) is 16.7 Å². The average Bonchev–Trinajstić information content (AvgIpc) is 3.18. The lowest BCUT2D eigenvalue weighted by Gasteiger charge is -2.67. The summed E-state index contributed by atoms with van der Waals surface area (Å²) < 4.78 is 42.4. The normalized spacial score (nSPS) is 33.0. The molecule has 3 aliphatic carbocycles. The van der Waals surface area contributed by atoms with Crippen molar-refractivity contribution in [2.24, 2.45) is 16.7 Å². The maximum absolute atomic E-state index is 15.5. The van der Waals surface area contributed by atoms with Gasteiger partial charge in [-0.05, 0) is 63.5 Å². The predicted molar refractivity (Wildman–Crippen MR) is 213 cm³/mol. The summed E-state index contributed by atoms with van der Waals surface area (Å²) in [6, 6.07) is 15.1. The molecule has 0 radical (unpaired) electrons. The Morgan fingerprint density at radius 1 is 0.933 bits per heavy atom. The summed E-state index contributed by atoms with van der Waals surface area (Å²) in [6.45, 7) is 12.7. The first-order valence-corrected chi connectivity index (χ1v) is 20.1. The van der Waals surface area contributed by atoms with Gasteiger partial charge in [-0.1, -0.05) is 62.4 Å². The van der Waals surface area contributed by atoms with Crippen molar-refractivity contribution in [1.29, 1.82) is 0 Å². The number of hydrogen-bond acceptors (Lipinski definition) is 14. The third-order valence-corrected chi connectivity index (χ3v) is 13.0. The van der Waals surface area contributed by atoms with E-state index in [-0.39, 0.29) is 24.2 Å². The summed E-state index contributed by atoms with van der Waals surface area (Å²) in [4.78, 5) is 70.1. The van der Waals surface area contributed by atoms with Crippen LogP contribution in [0.25, 0.3) is 0 Å². The maximum atomic E-state index is 15.5. The Balaban J connectivity index is 1.52. The van der Waals surface area contributed by atoms with Gasteiger partial charge in [-0.2, -0.15) is 0 Å². The molecule has 15 heteroatoms. The van der Waals surface area contributed by atoms with E-state index in [0.29, 0.717) is 11.1 Å². The molecule has 3 fully saturated rings. The Morgan fingerprint density at radius 3 is 2.08 bits per heavy atom. The molecule has 2 saturated carbocycles. The van der Waals surface area contributed by atoms with Crippen molar-refractivity contribution in [1.82, 2.24) is 5.32 Å². The summed E-state index contributed by atoms with van der Waals surface area (Å²) in [5, 5.41) is 28.0. The fourth-order valence-electron chi connectivity index (χ4n) is 10.1. The molecule has 1 saturated heterocycles. The number of carbonyl (C=O) groups excluding carboxylic acids is 5. The van der Waals surface area contributed by atoms with Crippen molar-refractivity contribution in [3.05, 3.63) is 82.9 Å². The third-order valence-electron chi connectivity index (χ3n) is 13.0. The molecule has 326 valence electrons. The number of hydrogen-bond donors (Lipinski definition) is 3. The number of alkyl carbamates (subject to hydrolysis) is 1. The molecule has 2 bridgehead atoms. The minimum atomic E-state index is -2.22. The van der Waals surface area contributed by atoms with E-state index in [1.165, 1.54) is 21.1 Å². The van der Waals surface area contributed by atoms with Crippen LogP contribution in [0.2, 0.25) is 0 Å². The largest absolute Gasteiger partial charge is 0.456 e. The fourth-order valence-corrected chi connectivity index (χ4v) is 10.1. The summed E-state index contributed by atoms with van der Waals surface area (Å²) in [5.74, 6) is -4.52. The molecule has 11 atom stereocenters. The minimum absolute atomic E-state index is 0.121. The molecular formula is C45H57NO14.